The Morgan fingerprint density at radius 3 is 2.67 bits per heavy atom. The predicted molar refractivity (Wildman–Crippen MR) is 133 cm³/mol. The van der Waals surface area contributed by atoms with Gasteiger partial charge in [0.15, 0.2) is 5.65 Å². The van der Waals surface area contributed by atoms with Gasteiger partial charge in [-0.2, -0.15) is 14.7 Å². The molecule has 7 N–H and O–H groups in total. The maximum Gasteiger partial charge on any atom is 0.254 e. The topological polar surface area (TPSA) is 181 Å². The molecule has 4 heterocycles. The quantitative estimate of drug-likeness (QED) is 0.254. The molecule has 1 aromatic carbocycles. The van der Waals surface area contributed by atoms with Crippen LogP contribution in [-0.4, -0.2) is 53.2 Å². The summed E-state index contributed by atoms with van der Waals surface area (Å²) in [6, 6.07) is 12.3. The standard InChI is InChI=1S/C24H22N8O2.2H2O/c33-22-11-16(24(34)30-22)10-17-14-27-32-21(28-18-6-7-18)12-20(29-23(17)32)25-13-15-4-1-2-5-19(15)31-9-3-8-26-31;;/h1-5,8-10,12,14,18,28H,6-7,11,13H2,(H,25,29)(H,30,33,34);2*1H2/b16-10+;;. The molecule has 1 saturated heterocycles. The van der Waals surface area contributed by atoms with Gasteiger partial charge in [0.25, 0.3) is 5.91 Å². The molecule has 0 spiro atoms. The summed E-state index contributed by atoms with van der Waals surface area (Å²) in [7, 11) is 0. The number of imide groups is 1. The van der Waals surface area contributed by atoms with Crippen molar-refractivity contribution in [1.29, 1.82) is 0 Å². The van der Waals surface area contributed by atoms with Gasteiger partial charge in [-0.1, -0.05) is 18.2 Å². The third kappa shape index (κ3) is 4.80. The fourth-order valence-electron chi connectivity index (χ4n) is 4.00. The predicted octanol–water partition coefficient (Wildman–Crippen LogP) is 0.882. The Morgan fingerprint density at radius 2 is 1.94 bits per heavy atom. The molecule has 0 unspecified atom stereocenters. The largest absolute Gasteiger partial charge is 0.412 e. The van der Waals surface area contributed by atoms with Crippen molar-refractivity contribution in [2.75, 3.05) is 10.6 Å². The molecule has 1 saturated carbocycles. The van der Waals surface area contributed by atoms with E-state index in [1.807, 2.05) is 41.2 Å². The summed E-state index contributed by atoms with van der Waals surface area (Å²) in [5, 5.41) is 18.1. The third-order valence-electron chi connectivity index (χ3n) is 5.86. The Bertz CT molecular complexity index is 1440. The van der Waals surface area contributed by atoms with E-state index in [0.29, 0.717) is 35.2 Å². The molecule has 0 atom stereocenters. The van der Waals surface area contributed by atoms with Gasteiger partial charge in [-0.25, -0.2) is 9.67 Å². The number of nitrogens with one attached hydrogen (secondary N) is 3. The second-order valence-electron chi connectivity index (χ2n) is 8.44. The molecule has 6 rings (SSSR count). The highest BCUT2D eigenvalue weighted by Crippen LogP contribution is 2.28. The molecule has 3 aromatic heterocycles. The Labute approximate surface area is 205 Å². The van der Waals surface area contributed by atoms with Gasteiger partial charge < -0.3 is 21.6 Å². The number of carbonyl (C=O) groups is 2. The number of carbonyl (C=O) groups excluding carboxylic acids is 2. The lowest BCUT2D eigenvalue weighted by Gasteiger charge is -2.13. The van der Waals surface area contributed by atoms with Crippen LogP contribution in [0, 0.1) is 0 Å². The second kappa shape index (κ2) is 9.98. The molecule has 1 aliphatic heterocycles. The van der Waals surface area contributed by atoms with Crippen LogP contribution in [0.25, 0.3) is 17.4 Å². The minimum absolute atomic E-state index is 0. The Hall–Kier alpha value is -4.55. The first-order chi connectivity index (χ1) is 16.6. The number of amides is 2. The molecule has 2 fully saturated rings. The highest BCUT2D eigenvalue weighted by atomic mass is 16.2. The number of aromatic nitrogens is 5. The summed E-state index contributed by atoms with van der Waals surface area (Å²) in [4.78, 5) is 28.4. The van der Waals surface area contributed by atoms with E-state index >= 15 is 0 Å². The molecule has 1 aliphatic carbocycles. The number of anilines is 2. The van der Waals surface area contributed by atoms with Crippen molar-refractivity contribution < 1.29 is 20.5 Å². The van der Waals surface area contributed by atoms with E-state index in [1.54, 1.807) is 23.0 Å². The highest BCUT2D eigenvalue weighted by Gasteiger charge is 2.25. The van der Waals surface area contributed by atoms with Gasteiger partial charge in [-0.15, -0.1) is 0 Å². The van der Waals surface area contributed by atoms with E-state index in [-0.39, 0.29) is 29.2 Å². The van der Waals surface area contributed by atoms with Gasteiger partial charge >= 0.3 is 0 Å². The Kier molecular flexibility index (Phi) is 6.81. The zero-order valence-corrected chi connectivity index (χ0v) is 19.2. The molecular weight excluding hydrogens is 464 g/mol. The first-order valence-electron chi connectivity index (χ1n) is 11.2. The summed E-state index contributed by atoms with van der Waals surface area (Å²) < 4.78 is 3.57. The summed E-state index contributed by atoms with van der Waals surface area (Å²) in [5.74, 6) is 0.838. The van der Waals surface area contributed by atoms with Crippen LogP contribution in [0.4, 0.5) is 11.6 Å². The zero-order valence-electron chi connectivity index (χ0n) is 19.2. The lowest BCUT2D eigenvalue weighted by atomic mass is 10.1. The van der Waals surface area contributed by atoms with E-state index in [9.17, 15) is 9.59 Å². The minimum atomic E-state index is -0.370. The Morgan fingerprint density at radius 1 is 1.11 bits per heavy atom. The third-order valence-corrected chi connectivity index (χ3v) is 5.86. The van der Waals surface area contributed by atoms with Crippen molar-refractivity contribution >= 4 is 35.2 Å². The summed E-state index contributed by atoms with van der Waals surface area (Å²) in [6.45, 7) is 0.545. The summed E-state index contributed by atoms with van der Waals surface area (Å²) in [6.07, 6.45) is 9.31. The highest BCUT2D eigenvalue weighted by molar-refractivity contribution is 6.15. The number of para-hydroxylation sites is 1. The minimum Gasteiger partial charge on any atom is -0.412 e. The van der Waals surface area contributed by atoms with Crippen molar-refractivity contribution in [3.8, 4) is 5.69 Å². The van der Waals surface area contributed by atoms with Crippen molar-refractivity contribution in [3.63, 3.8) is 0 Å². The molecule has 12 heteroatoms. The lowest BCUT2D eigenvalue weighted by molar-refractivity contribution is -0.124. The van der Waals surface area contributed by atoms with Crippen LogP contribution in [0.5, 0.6) is 0 Å². The van der Waals surface area contributed by atoms with Crippen molar-refractivity contribution in [1.82, 2.24) is 29.7 Å². The number of hydrogen-bond donors (Lipinski definition) is 3. The smallest absolute Gasteiger partial charge is 0.254 e. The van der Waals surface area contributed by atoms with Crippen LogP contribution in [0.1, 0.15) is 30.4 Å². The van der Waals surface area contributed by atoms with Crippen LogP contribution in [0.2, 0.25) is 0 Å². The first kappa shape index (κ1) is 24.6. The molecule has 186 valence electrons. The summed E-state index contributed by atoms with van der Waals surface area (Å²) in [5.41, 5.74) is 3.75. The molecule has 0 bridgehead atoms. The lowest BCUT2D eigenvalue weighted by Crippen LogP contribution is -2.19. The zero-order chi connectivity index (χ0) is 23.1. The van der Waals surface area contributed by atoms with E-state index in [2.05, 4.69) is 32.2 Å². The summed E-state index contributed by atoms with van der Waals surface area (Å²) >= 11 is 0. The molecule has 36 heavy (non-hydrogen) atoms. The molecule has 4 aromatic rings. The van der Waals surface area contributed by atoms with Crippen molar-refractivity contribution in [2.45, 2.75) is 31.8 Å². The maximum absolute atomic E-state index is 12.0. The molecular formula is C24H26N8O4. The number of fused-ring (bicyclic) bond motifs is 1. The molecule has 0 radical (unpaired) electrons. The monoisotopic (exact) mass is 490 g/mol. The van der Waals surface area contributed by atoms with Crippen LogP contribution >= 0.6 is 0 Å². The average molecular weight is 491 g/mol. The number of hydrogen-bond acceptors (Lipinski definition) is 7. The van der Waals surface area contributed by atoms with Crippen LogP contribution in [-0.2, 0) is 16.1 Å². The van der Waals surface area contributed by atoms with Crippen LogP contribution < -0.4 is 16.0 Å². The van der Waals surface area contributed by atoms with Crippen molar-refractivity contribution in [3.05, 3.63) is 71.7 Å². The maximum atomic E-state index is 12.0. The second-order valence-corrected chi connectivity index (χ2v) is 8.44. The van der Waals surface area contributed by atoms with E-state index in [0.717, 1.165) is 29.9 Å². The van der Waals surface area contributed by atoms with Gasteiger partial charge in [0, 0.05) is 42.2 Å². The average Bonchev–Trinajstić information content (AvgIpc) is 3.20. The van der Waals surface area contributed by atoms with Crippen molar-refractivity contribution in [2.24, 2.45) is 0 Å². The van der Waals surface area contributed by atoms with E-state index < -0.39 is 0 Å². The Balaban J connectivity index is 0.00000152. The molecule has 2 amide bonds. The fourth-order valence-corrected chi connectivity index (χ4v) is 4.00. The SMILES string of the molecule is O.O.O=C1C/C(=C\c2cnn3c(NC4CC4)cc(NCc4ccccc4-n4cccn4)nc23)C(=O)N1. The van der Waals surface area contributed by atoms with Gasteiger partial charge in [-0.05, 0) is 36.6 Å². The van der Waals surface area contributed by atoms with Crippen LogP contribution in [0.3, 0.4) is 0 Å². The van der Waals surface area contributed by atoms with Gasteiger partial charge in [0.2, 0.25) is 5.91 Å². The number of nitrogens with zero attached hydrogens (tertiary/aromatic N) is 5. The van der Waals surface area contributed by atoms with Gasteiger partial charge in [-0.3, -0.25) is 14.9 Å². The first-order valence-corrected chi connectivity index (χ1v) is 11.2. The number of benzene rings is 1. The number of rotatable bonds is 7. The van der Waals surface area contributed by atoms with Crippen LogP contribution in [0.15, 0.2) is 60.6 Å². The van der Waals surface area contributed by atoms with E-state index in [1.165, 1.54) is 0 Å². The van der Waals surface area contributed by atoms with E-state index in [4.69, 9.17) is 4.98 Å². The fraction of sp³-hybridized carbons (Fsp3) is 0.208. The molecule has 2 aliphatic rings. The molecule has 12 nitrogen and oxygen atoms in total. The van der Waals surface area contributed by atoms with Gasteiger partial charge in [0.1, 0.15) is 11.6 Å². The van der Waals surface area contributed by atoms with Gasteiger partial charge in [0.05, 0.1) is 18.3 Å². The normalized spacial score (nSPS) is 15.9.